The number of hydrogen-bond acceptors (Lipinski definition) is 6. The van der Waals surface area contributed by atoms with Crippen LogP contribution in [0.4, 0.5) is 0 Å². The Balaban J connectivity index is 2.03. The molecule has 1 aromatic carbocycles. The molecule has 0 spiro atoms. The van der Waals surface area contributed by atoms with Crippen LogP contribution in [0.3, 0.4) is 0 Å². The smallest absolute Gasteiger partial charge is 0.323 e. The molecule has 1 aromatic rings. The largest absolute Gasteiger partial charge is 0.468 e. The summed E-state index contributed by atoms with van der Waals surface area (Å²) in [6.45, 7) is 6.08. The number of carbonyl (C=O) groups is 2. The molecule has 1 heterocycles. The molecule has 1 unspecified atom stereocenters. The molecular weight excluding hydrogens is 428 g/mol. The Kier molecular flexibility index (Phi) is 10.4. The number of hydrogen-bond donors (Lipinski definition) is 1. The van der Waals surface area contributed by atoms with Gasteiger partial charge in [-0.15, -0.1) is 0 Å². The first-order chi connectivity index (χ1) is 15.2. The fraction of sp³-hybridized carbons (Fsp3) is 0.560. The van der Waals surface area contributed by atoms with Gasteiger partial charge in [-0.3, -0.25) is 19.9 Å². The van der Waals surface area contributed by atoms with Gasteiger partial charge in [-0.1, -0.05) is 31.5 Å². The average Bonchev–Trinajstić information content (AvgIpc) is 2.95. The third-order valence-corrected chi connectivity index (χ3v) is 5.76. The topological polar surface area (TPSA) is 77.0 Å². The Bertz CT molecular complexity index is 830. The summed E-state index contributed by atoms with van der Waals surface area (Å²) in [5.74, 6) is -0.225. The number of ether oxygens (including phenoxy) is 2. The van der Waals surface area contributed by atoms with Crippen LogP contribution in [-0.2, 0) is 25.5 Å². The molecule has 1 N–H and O–H groups in total. The van der Waals surface area contributed by atoms with E-state index in [1.165, 1.54) is 19.8 Å². The zero-order valence-electron chi connectivity index (χ0n) is 19.7. The van der Waals surface area contributed by atoms with Gasteiger partial charge in [-0.2, -0.15) is 0 Å². The molecule has 176 valence electrons. The van der Waals surface area contributed by atoms with E-state index in [1.807, 2.05) is 45.3 Å². The number of nitrogens with one attached hydrogen (secondary N) is 1. The van der Waals surface area contributed by atoms with Crippen LogP contribution in [0.15, 0.2) is 35.0 Å². The minimum absolute atomic E-state index is 0.266. The fourth-order valence-electron chi connectivity index (χ4n) is 4.03. The summed E-state index contributed by atoms with van der Waals surface area (Å²) in [5, 5.41) is 3.91. The number of rotatable bonds is 10. The van der Waals surface area contributed by atoms with Gasteiger partial charge in [0.25, 0.3) is 0 Å². The van der Waals surface area contributed by atoms with Crippen LogP contribution in [0, 0.1) is 18.8 Å². The van der Waals surface area contributed by atoms with Crippen LogP contribution in [0.2, 0.25) is 5.02 Å². The highest BCUT2D eigenvalue weighted by Crippen LogP contribution is 2.24. The minimum Gasteiger partial charge on any atom is -0.468 e. The van der Waals surface area contributed by atoms with E-state index in [4.69, 9.17) is 21.1 Å². The van der Waals surface area contributed by atoms with E-state index in [2.05, 4.69) is 16.4 Å². The highest BCUT2D eigenvalue weighted by atomic mass is 35.5. The molecule has 0 saturated carbocycles. The molecule has 2 rings (SSSR count). The Labute approximate surface area is 196 Å². The molecule has 0 aliphatic carbocycles. The van der Waals surface area contributed by atoms with E-state index < -0.39 is 18.1 Å². The van der Waals surface area contributed by atoms with Gasteiger partial charge in [-0.05, 0) is 79.7 Å². The number of aliphatic imine (C=N–C) groups is 1. The fourth-order valence-corrected chi connectivity index (χ4v) is 4.34. The molecule has 0 radical (unpaired) electrons. The Hall–Kier alpha value is -2.18. The highest BCUT2D eigenvalue weighted by molar-refractivity contribution is 6.30. The molecule has 0 bridgehead atoms. The van der Waals surface area contributed by atoms with E-state index in [0.717, 1.165) is 35.4 Å². The van der Waals surface area contributed by atoms with Gasteiger partial charge in [0.2, 0.25) is 0 Å². The van der Waals surface area contributed by atoms with Crippen molar-refractivity contribution < 1.29 is 19.1 Å². The van der Waals surface area contributed by atoms with Crippen molar-refractivity contribution in [2.75, 3.05) is 14.2 Å². The summed E-state index contributed by atoms with van der Waals surface area (Å²) in [5.41, 5.74) is 3.38. The lowest BCUT2D eigenvalue weighted by Gasteiger charge is -2.24. The number of aryl methyl sites for hydroxylation is 1. The first kappa shape index (κ1) is 26.1. The van der Waals surface area contributed by atoms with Crippen molar-refractivity contribution in [1.29, 1.82) is 0 Å². The normalized spacial score (nSPS) is 18.0. The van der Waals surface area contributed by atoms with Gasteiger partial charge in [0, 0.05) is 17.4 Å². The summed E-state index contributed by atoms with van der Waals surface area (Å²) in [6.07, 6.45) is 7.39. The van der Waals surface area contributed by atoms with E-state index in [1.54, 1.807) is 0 Å². The summed E-state index contributed by atoms with van der Waals surface area (Å²) < 4.78 is 9.92. The number of benzene rings is 1. The van der Waals surface area contributed by atoms with Crippen molar-refractivity contribution in [1.82, 2.24) is 5.32 Å². The van der Waals surface area contributed by atoms with Crippen LogP contribution >= 0.6 is 11.6 Å². The van der Waals surface area contributed by atoms with Crippen LogP contribution in [0.5, 0.6) is 0 Å². The lowest BCUT2D eigenvalue weighted by molar-refractivity contribution is -0.146. The second kappa shape index (κ2) is 12.8. The van der Waals surface area contributed by atoms with Crippen molar-refractivity contribution in [3.8, 4) is 0 Å². The number of halogens is 1. The van der Waals surface area contributed by atoms with Gasteiger partial charge in [0.05, 0.1) is 14.2 Å². The summed E-state index contributed by atoms with van der Waals surface area (Å²) >= 11 is 6.20. The van der Waals surface area contributed by atoms with Crippen LogP contribution in [0.1, 0.15) is 50.7 Å². The maximum Gasteiger partial charge on any atom is 0.323 e. The molecule has 0 amide bonds. The van der Waals surface area contributed by atoms with Crippen molar-refractivity contribution in [3.05, 3.63) is 46.1 Å². The van der Waals surface area contributed by atoms with Crippen molar-refractivity contribution in [3.63, 3.8) is 0 Å². The van der Waals surface area contributed by atoms with Gasteiger partial charge in [0.15, 0.2) is 0 Å². The zero-order valence-corrected chi connectivity index (χ0v) is 20.4. The van der Waals surface area contributed by atoms with E-state index in [0.29, 0.717) is 12.8 Å². The predicted molar refractivity (Wildman–Crippen MR) is 128 cm³/mol. The van der Waals surface area contributed by atoms with E-state index in [9.17, 15) is 9.59 Å². The molecule has 1 aliphatic rings. The van der Waals surface area contributed by atoms with E-state index in [-0.39, 0.29) is 17.8 Å². The number of methoxy groups -OCH3 is 2. The second-order valence-electron chi connectivity index (χ2n) is 8.88. The maximum atomic E-state index is 12.5. The Morgan fingerprint density at radius 1 is 1.16 bits per heavy atom. The van der Waals surface area contributed by atoms with Gasteiger partial charge < -0.3 is 9.47 Å². The Morgan fingerprint density at radius 3 is 2.47 bits per heavy atom. The summed E-state index contributed by atoms with van der Waals surface area (Å²) in [6, 6.07) is 4.89. The molecule has 0 saturated heterocycles. The molecular formula is C25H35ClN2O4. The quantitative estimate of drug-likeness (QED) is 0.511. The lowest BCUT2D eigenvalue weighted by Crippen LogP contribution is -2.48. The van der Waals surface area contributed by atoms with Crippen molar-refractivity contribution in [2.24, 2.45) is 16.8 Å². The summed E-state index contributed by atoms with van der Waals surface area (Å²) in [7, 11) is 2.71. The third kappa shape index (κ3) is 8.40. The first-order valence-electron chi connectivity index (χ1n) is 11.1. The molecule has 32 heavy (non-hydrogen) atoms. The molecule has 0 aromatic heterocycles. The van der Waals surface area contributed by atoms with Crippen LogP contribution in [-0.4, -0.2) is 44.5 Å². The molecule has 7 heteroatoms. The standard InChI is InChI=1S/C25H35ClN2O4/c1-16(2)8-22(24(29)31-4)28-23(25(30)32-5)13-19-7-6-18(14-27-15-19)11-20-9-17(3)10-21(26)12-20/h9-10,12,14-16,18,22-23,28H,6-8,11,13H2,1-5H3/t18?,22-,23-/m0/s1. The third-order valence-electron chi connectivity index (χ3n) is 5.54. The molecule has 0 fully saturated rings. The van der Waals surface area contributed by atoms with Crippen LogP contribution < -0.4 is 5.32 Å². The Morgan fingerprint density at radius 2 is 1.84 bits per heavy atom. The average molecular weight is 463 g/mol. The summed E-state index contributed by atoms with van der Waals surface area (Å²) in [4.78, 5) is 29.2. The maximum absolute atomic E-state index is 12.5. The van der Waals surface area contributed by atoms with Gasteiger partial charge >= 0.3 is 11.9 Å². The van der Waals surface area contributed by atoms with Crippen molar-refractivity contribution >= 4 is 29.8 Å². The first-order valence-corrected chi connectivity index (χ1v) is 11.5. The minimum atomic E-state index is -0.642. The van der Waals surface area contributed by atoms with Crippen molar-refractivity contribution in [2.45, 2.75) is 65.0 Å². The number of carbonyl (C=O) groups excluding carboxylic acids is 2. The molecule has 3 atom stereocenters. The molecule has 6 nitrogen and oxygen atoms in total. The van der Waals surface area contributed by atoms with E-state index >= 15 is 0 Å². The van der Waals surface area contributed by atoms with Gasteiger partial charge in [-0.25, -0.2) is 0 Å². The van der Waals surface area contributed by atoms with Gasteiger partial charge in [0.1, 0.15) is 12.1 Å². The molecule has 1 aliphatic heterocycles. The second-order valence-corrected chi connectivity index (χ2v) is 9.31. The predicted octanol–water partition coefficient (Wildman–Crippen LogP) is 4.66. The number of nitrogens with zero attached hydrogens (tertiary/aromatic N) is 1. The zero-order chi connectivity index (χ0) is 23.7. The monoisotopic (exact) mass is 462 g/mol. The number of esters is 2. The SMILES string of the molecule is COC(=O)[C@H](CC1=CN=CC(Cc2cc(C)cc(Cl)c2)CC1)N[C@@H](CC(C)C)C(=O)OC. The highest BCUT2D eigenvalue weighted by Gasteiger charge is 2.29. The van der Waals surface area contributed by atoms with Crippen LogP contribution in [0.25, 0.3) is 0 Å². The lowest BCUT2D eigenvalue weighted by atomic mass is 9.92.